The highest BCUT2D eigenvalue weighted by Crippen LogP contribution is 2.24. The predicted octanol–water partition coefficient (Wildman–Crippen LogP) is 2.84. The number of likely N-dealkylation sites (tertiary alicyclic amines) is 1. The molecule has 0 spiro atoms. The summed E-state index contributed by atoms with van der Waals surface area (Å²) in [5.74, 6) is 0.749. The lowest BCUT2D eigenvalue weighted by atomic mass is 9.92. The van der Waals surface area contributed by atoms with Gasteiger partial charge in [-0.3, -0.25) is 19.4 Å². The Bertz CT molecular complexity index is 1030. The van der Waals surface area contributed by atoms with Crippen LogP contribution in [0.5, 0.6) is 0 Å². The Kier molecular flexibility index (Phi) is 7.87. The summed E-state index contributed by atoms with van der Waals surface area (Å²) in [6, 6.07) is 7.38. The molecular weight excluding hydrogens is 430 g/mol. The number of hydrogen-bond acceptors (Lipinski definition) is 6. The summed E-state index contributed by atoms with van der Waals surface area (Å²) in [6.45, 7) is 3.76. The van der Waals surface area contributed by atoms with E-state index in [0.717, 1.165) is 55.7 Å². The van der Waals surface area contributed by atoms with Gasteiger partial charge in [-0.2, -0.15) is 0 Å². The first-order valence-electron chi connectivity index (χ1n) is 12.2. The number of nitrogens with one attached hydrogen (secondary N) is 2. The van der Waals surface area contributed by atoms with E-state index in [9.17, 15) is 14.4 Å². The van der Waals surface area contributed by atoms with E-state index in [-0.39, 0.29) is 30.4 Å². The van der Waals surface area contributed by atoms with Gasteiger partial charge >= 0.3 is 0 Å². The third-order valence-corrected chi connectivity index (χ3v) is 6.55. The number of rotatable bonds is 8. The molecule has 4 heterocycles. The molecule has 2 amide bonds. The zero-order valence-electron chi connectivity index (χ0n) is 19.8. The molecule has 2 aliphatic heterocycles. The van der Waals surface area contributed by atoms with E-state index >= 15 is 0 Å². The highest BCUT2D eigenvalue weighted by molar-refractivity contribution is 5.97. The number of carbonyl (C=O) groups is 3. The van der Waals surface area contributed by atoms with E-state index in [1.54, 1.807) is 23.4 Å². The first-order valence-corrected chi connectivity index (χ1v) is 12.2. The number of fused-ring (bicyclic) bond motifs is 1. The van der Waals surface area contributed by atoms with Gasteiger partial charge in [0.25, 0.3) is 0 Å². The van der Waals surface area contributed by atoms with Gasteiger partial charge in [0.2, 0.25) is 11.8 Å². The van der Waals surface area contributed by atoms with Crippen molar-refractivity contribution in [3.8, 4) is 0 Å². The van der Waals surface area contributed by atoms with Crippen LogP contribution in [0.15, 0.2) is 36.7 Å². The van der Waals surface area contributed by atoms with E-state index in [0.29, 0.717) is 19.0 Å². The Morgan fingerprint density at radius 2 is 2.12 bits per heavy atom. The Labute approximate surface area is 200 Å². The fourth-order valence-corrected chi connectivity index (χ4v) is 4.85. The van der Waals surface area contributed by atoms with Crippen molar-refractivity contribution in [2.75, 3.05) is 25.0 Å². The van der Waals surface area contributed by atoms with Gasteiger partial charge in [-0.05, 0) is 68.2 Å². The van der Waals surface area contributed by atoms with Crippen LogP contribution in [-0.2, 0) is 27.2 Å². The molecule has 0 radical (unpaired) electrons. The fraction of sp³-hybridized carbons (Fsp3) is 0.500. The van der Waals surface area contributed by atoms with Gasteiger partial charge in [0.1, 0.15) is 18.0 Å². The summed E-state index contributed by atoms with van der Waals surface area (Å²) in [7, 11) is 0. The van der Waals surface area contributed by atoms with Crippen LogP contribution in [0.2, 0.25) is 0 Å². The van der Waals surface area contributed by atoms with Gasteiger partial charge < -0.3 is 15.5 Å². The Morgan fingerprint density at radius 3 is 2.91 bits per heavy atom. The van der Waals surface area contributed by atoms with Crippen LogP contribution in [0.4, 0.5) is 5.82 Å². The average Bonchev–Trinajstić information content (AvgIpc) is 2.84. The summed E-state index contributed by atoms with van der Waals surface area (Å²) in [5.41, 5.74) is 3.08. The second-order valence-corrected chi connectivity index (χ2v) is 9.38. The number of ketones is 1. The second kappa shape index (κ2) is 11.2. The highest BCUT2D eigenvalue weighted by Gasteiger charge is 2.27. The summed E-state index contributed by atoms with van der Waals surface area (Å²) in [6.07, 6.45) is 8.22. The lowest BCUT2D eigenvalue weighted by Crippen LogP contribution is -2.43. The SMILES string of the molecule is CC(=O)CC(NC(=O)CC(=O)N1CCCC(Cc2ccc3c(n2)NCCC3)C1)c1cccnc1. The Morgan fingerprint density at radius 1 is 1.24 bits per heavy atom. The van der Waals surface area contributed by atoms with Crippen molar-refractivity contribution in [3.63, 3.8) is 0 Å². The van der Waals surface area contributed by atoms with Gasteiger partial charge in [0, 0.05) is 44.1 Å². The molecule has 2 aromatic rings. The highest BCUT2D eigenvalue weighted by atomic mass is 16.2. The third kappa shape index (κ3) is 6.40. The number of Topliss-reactive ketones (excluding diaryl/α,β-unsaturated/α-hetero) is 1. The molecule has 0 saturated carbocycles. The fourth-order valence-electron chi connectivity index (χ4n) is 4.85. The largest absolute Gasteiger partial charge is 0.370 e. The molecule has 4 rings (SSSR count). The molecule has 2 unspecified atom stereocenters. The molecule has 8 heteroatoms. The Hall–Kier alpha value is -3.29. The number of piperidine rings is 1. The van der Waals surface area contributed by atoms with Crippen LogP contribution in [0.25, 0.3) is 0 Å². The molecule has 0 bridgehead atoms. The molecule has 8 nitrogen and oxygen atoms in total. The van der Waals surface area contributed by atoms with E-state index in [4.69, 9.17) is 4.98 Å². The minimum atomic E-state index is -0.482. The second-order valence-electron chi connectivity index (χ2n) is 9.38. The lowest BCUT2D eigenvalue weighted by Gasteiger charge is -2.33. The maximum Gasteiger partial charge on any atom is 0.232 e. The van der Waals surface area contributed by atoms with Crippen LogP contribution in [0.1, 0.15) is 61.9 Å². The van der Waals surface area contributed by atoms with Crippen molar-refractivity contribution < 1.29 is 14.4 Å². The normalized spacial score (nSPS) is 18.4. The van der Waals surface area contributed by atoms with Crippen LogP contribution in [0.3, 0.4) is 0 Å². The van der Waals surface area contributed by atoms with Gasteiger partial charge in [0.15, 0.2) is 0 Å². The minimum Gasteiger partial charge on any atom is -0.370 e. The third-order valence-electron chi connectivity index (χ3n) is 6.55. The smallest absolute Gasteiger partial charge is 0.232 e. The molecule has 1 fully saturated rings. The van der Waals surface area contributed by atoms with Crippen molar-refractivity contribution in [1.29, 1.82) is 0 Å². The molecule has 2 aliphatic rings. The molecule has 2 atom stereocenters. The molecule has 0 aromatic carbocycles. The maximum absolute atomic E-state index is 12.9. The Balaban J connectivity index is 1.31. The number of aromatic nitrogens is 2. The number of aryl methyl sites for hydroxylation is 1. The van der Waals surface area contributed by atoms with E-state index in [2.05, 4.69) is 27.8 Å². The summed E-state index contributed by atoms with van der Waals surface area (Å²) < 4.78 is 0. The van der Waals surface area contributed by atoms with Crippen molar-refractivity contribution in [3.05, 3.63) is 53.5 Å². The number of nitrogens with zero attached hydrogens (tertiary/aromatic N) is 3. The van der Waals surface area contributed by atoms with Gasteiger partial charge in [-0.15, -0.1) is 0 Å². The zero-order chi connectivity index (χ0) is 23.9. The summed E-state index contributed by atoms with van der Waals surface area (Å²) in [4.78, 5) is 47.9. The van der Waals surface area contributed by atoms with Crippen LogP contribution < -0.4 is 10.6 Å². The molecule has 34 heavy (non-hydrogen) atoms. The van der Waals surface area contributed by atoms with Crippen molar-refractivity contribution >= 4 is 23.4 Å². The van der Waals surface area contributed by atoms with Crippen LogP contribution in [0, 0.1) is 5.92 Å². The average molecular weight is 464 g/mol. The number of anilines is 1. The summed E-state index contributed by atoms with van der Waals surface area (Å²) in [5, 5.41) is 6.23. The first-order chi connectivity index (χ1) is 16.5. The zero-order valence-corrected chi connectivity index (χ0v) is 19.8. The molecule has 180 valence electrons. The maximum atomic E-state index is 12.9. The molecule has 1 saturated heterocycles. The molecule has 0 aliphatic carbocycles. The quantitative estimate of drug-likeness (QED) is 0.584. The number of carbonyl (C=O) groups excluding carboxylic acids is 3. The van der Waals surface area contributed by atoms with Gasteiger partial charge in [-0.1, -0.05) is 12.1 Å². The monoisotopic (exact) mass is 463 g/mol. The first kappa shape index (κ1) is 23.9. The lowest BCUT2D eigenvalue weighted by molar-refractivity contribution is -0.137. The van der Waals surface area contributed by atoms with Crippen molar-refractivity contribution in [1.82, 2.24) is 20.2 Å². The standard InChI is InChI=1S/C26H33N5O3/c1-18(32)13-23(21-7-2-10-27-16-21)30-24(33)15-25(34)31-12-4-5-19(17-31)14-22-9-8-20-6-3-11-28-26(20)29-22/h2,7-10,16,19,23H,3-6,11-15,17H2,1H3,(H,28,29)(H,30,33). The topological polar surface area (TPSA) is 104 Å². The molecular formula is C26H33N5O3. The number of amides is 2. The number of hydrogen-bond donors (Lipinski definition) is 2. The molecule has 2 N–H and O–H groups in total. The summed E-state index contributed by atoms with van der Waals surface area (Å²) >= 11 is 0. The van der Waals surface area contributed by atoms with E-state index < -0.39 is 6.04 Å². The van der Waals surface area contributed by atoms with E-state index in [1.165, 1.54) is 12.5 Å². The minimum absolute atomic E-state index is 0.0367. The van der Waals surface area contributed by atoms with Gasteiger partial charge in [0.05, 0.1) is 6.04 Å². The predicted molar refractivity (Wildman–Crippen MR) is 129 cm³/mol. The van der Waals surface area contributed by atoms with Crippen molar-refractivity contribution in [2.24, 2.45) is 5.92 Å². The number of pyridine rings is 2. The molecule has 2 aromatic heterocycles. The van der Waals surface area contributed by atoms with Gasteiger partial charge in [-0.25, -0.2) is 4.98 Å². The van der Waals surface area contributed by atoms with E-state index in [1.807, 2.05) is 6.07 Å². The van der Waals surface area contributed by atoms with Crippen LogP contribution in [-0.4, -0.2) is 52.1 Å². The van der Waals surface area contributed by atoms with Crippen molar-refractivity contribution in [2.45, 2.75) is 57.9 Å². The van der Waals surface area contributed by atoms with Crippen LogP contribution >= 0.6 is 0 Å².